The number of nitrogens with one attached hydrogen (secondary N) is 1. The van der Waals surface area contributed by atoms with Gasteiger partial charge in [0.15, 0.2) is 0 Å². The first-order valence-corrected chi connectivity index (χ1v) is 6.63. The highest BCUT2D eigenvalue weighted by Gasteiger charge is 2.35. The largest absolute Gasteiger partial charge is 0.392 e. The van der Waals surface area contributed by atoms with E-state index in [1.807, 2.05) is 13.8 Å². The minimum absolute atomic E-state index is 0.150. The summed E-state index contributed by atoms with van der Waals surface area (Å²) in [5, 5.41) is 9.26. The van der Waals surface area contributed by atoms with Crippen molar-refractivity contribution in [3.63, 3.8) is 0 Å². The van der Waals surface area contributed by atoms with E-state index in [0.29, 0.717) is 12.3 Å². The number of aliphatic hydroxyl groups is 1. The van der Waals surface area contributed by atoms with Crippen LogP contribution < -0.4 is 4.72 Å². The Morgan fingerprint density at radius 1 is 1.43 bits per heavy atom. The Morgan fingerprint density at radius 2 is 2.00 bits per heavy atom. The van der Waals surface area contributed by atoms with E-state index in [9.17, 15) is 13.5 Å². The lowest BCUT2D eigenvalue weighted by molar-refractivity contribution is 0.152. The van der Waals surface area contributed by atoms with Gasteiger partial charge in [-0.1, -0.05) is 13.8 Å². The van der Waals surface area contributed by atoms with Gasteiger partial charge < -0.3 is 5.11 Å². The molecule has 0 amide bonds. The van der Waals surface area contributed by atoms with Gasteiger partial charge in [0.25, 0.3) is 0 Å². The van der Waals surface area contributed by atoms with Gasteiger partial charge in [-0.2, -0.15) is 0 Å². The second-order valence-electron chi connectivity index (χ2n) is 4.38. The lowest BCUT2D eigenvalue weighted by Gasteiger charge is -2.13. The molecule has 0 radical (unpaired) electrons. The van der Waals surface area contributed by atoms with E-state index in [4.69, 9.17) is 0 Å². The third-order valence-electron chi connectivity index (χ3n) is 2.23. The number of hydrogen-bond acceptors (Lipinski definition) is 3. The van der Waals surface area contributed by atoms with Crippen LogP contribution in [0.5, 0.6) is 0 Å². The molecule has 84 valence electrons. The monoisotopic (exact) mass is 221 g/mol. The van der Waals surface area contributed by atoms with Crippen molar-refractivity contribution >= 4 is 10.0 Å². The molecule has 1 fully saturated rings. The summed E-state index contributed by atoms with van der Waals surface area (Å²) in [6.07, 6.45) is 1.59. The van der Waals surface area contributed by atoms with E-state index in [1.165, 1.54) is 0 Å². The molecule has 0 bridgehead atoms. The predicted molar refractivity (Wildman–Crippen MR) is 55.4 cm³/mol. The van der Waals surface area contributed by atoms with Gasteiger partial charge >= 0.3 is 0 Å². The van der Waals surface area contributed by atoms with Gasteiger partial charge in [0.2, 0.25) is 10.0 Å². The fourth-order valence-electron chi connectivity index (χ4n) is 1.34. The fraction of sp³-hybridized carbons (Fsp3) is 1.00. The molecule has 0 aliphatic heterocycles. The predicted octanol–water partition coefficient (Wildman–Crippen LogP) is 0.475. The van der Waals surface area contributed by atoms with Crippen molar-refractivity contribution < 1.29 is 13.5 Å². The van der Waals surface area contributed by atoms with E-state index < -0.39 is 16.1 Å². The minimum atomic E-state index is -3.13. The van der Waals surface area contributed by atoms with Crippen molar-refractivity contribution in [2.75, 3.05) is 6.54 Å². The average Bonchev–Trinajstić information content (AvgIpc) is 2.81. The van der Waals surface area contributed by atoms with E-state index in [0.717, 1.165) is 12.8 Å². The van der Waals surface area contributed by atoms with Gasteiger partial charge in [0.1, 0.15) is 0 Å². The van der Waals surface area contributed by atoms with Crippen LogP contribution in [-0.2, 0) is 10.0 Å². The summed E-state index contributed by atoms with van der Waals surface area (Å²) >= 11 is 0. The molecule has 1 saturated carbocycles. The molecule has 2 N–H and O–H groups in total. The summed E-state index contributed by atoms with van der Waals surface area (Å²) in [4.78, 5) is 0. The highest BCUT2D eigenvalue weighted by atomic mass is 32.2. The Balaban J connectivity index is 2.25. The topological polar surface area (TPSA) is 66.4 Å². The van der Waals surface area contributed by atoms with Crippen LogP contribution in [0.25, 0.3) is 0 Å². The van der Waals surface area contributed by atoms with Crippen molar-refractivity contribution in [3.05, 3.63) is 0 Å². The molecule has 0 aromatic rings. The molecular weight excluding hydrogens is 202 g/mol. The van der Waals surface area contributed by atoms with Gasteiger partial charge in [0.05, 0.1) is 11.4 Å². The summed E-state index contributed by atoms with van der Waals surface area (Å²) in [7, 11) is -3.13. The zero-order valence-electron chi connectivity index (χ0n) is 8.73. The van der Waals surface area contributed by atoms with Crippen molar-refractivity contribution in [1.29, 1.82) is 0 Å². The summed E-state index contributed by atoms with van der Waals surface area (Å²) in [5.41, 5.74) is 0. The van der Waals surface area contributed by atoms with Gasteiger partial charge in [-0.25, -0.2) is 13.1 Å². The Kier molecular flexibility index (Phi) is 3.92. The Hall–Kier alpha value is -0.130. The molecule has 5 heteroatoms. The molecule has 0 heterocycles. The smallest absolute Gasteiger partial charge is 0.214 e. The molecule has 14 heavy (non-hydrogen) atoms. The third kappa shape index (κ3) is 3.94. The van der Waals surface area contributed by atoms with Crippen molar-refractivity contribution in [2.45, 2.75) is 44.5 Å². The third-order valence-corrected chi connectivity index (χ3v) is 4.14. The summed E-state index contributed by atoms with van der Waals surface area (Å²) < 4.78 is 25.2. The van der Waals surface area contributed by atoms with Gasteiger partial charge in [-0.05, 0) is 25.2 Å². The maximum Gasteiger partial charge on any atom is 0.214 e. The van der Waals surface area contributed by atoms with Crippen molar-refractivity contribution in [2.24, 2.45) is 5.92 Å². The van der Waals surface area contributed by atoms with Crippen LogP contribution >= 0.6 is 0 Å². The van der Waals surface area contributed by atoms with Crippen molar-refractivity contribution in [1.82, 2.24) is 4.72 Å². The molecule has 1 atom stereocenters. The normalized spacial score (nSPS) is 20.0. The Labute approximate surface area is 85.8 Å². The molecule has 4 nitrogen and oxygen atoms in total. The summed E-state index contributed by atoms with van der Waals surface area (Å²) in [5.74, 6) is 0.385. The standard InChI is InChI=1S/C9H19NO3S/c1-7(2)5-8(11)6-10-14(12,13)9-3-4-9/h7-11H,3-6H2,1-2H3. The number of sulfonamides is 1. The van der Waals surface area contributed by atoms with E-state index in [-0.39, 0.29) is 11.8 Å². The maximum atomic E-state index is 11.4. The first-order chi connectivity index (χ1) is 6.42. The molecular formula is C9H19NO3S. The average molecular weight is 221 g/mol. The highest BCUT2D eigenvalue weighted by molar-refractivity contribution is 7.90. The zero-order valence-corrected chi connectivity index (χ0v) is 9.55. The van der Waals surface area contributed by atoms with E-state index in [1.54, 1.807) is 0 Å². The molecule has 0 saturated heterocycles. The molecule has 0 aromatic heterocycles. The van der Waals surface area contributed by atoms with Crippen LogP contribution in [0.15, 0.2) is 0 Å². The van der Waals surface area contributed by atoms with E-state index in [2.05, 4.69) is 4.72 Å². The number of aliphatic hydroxyl groups excluding tert-OH is 1. The van der Waals surface area contributed by atoms with Crippen LogP contribution in [0.3, 0.4) is 0 Å². The van der Waals surface area contributed by atoms with Gasteiger partial charge in [-0.3, -0.25) is 0 Å². The number of rotatable bonds is 6. The lowest BCUT2D eigenvalue weighted by Crippen LogP contribution is -2.34. The zero-order chi connectivity index (χ0) is 10.8. The Bertz CT molecular complexity index is 270. The first-order valence-electron chi connectivity index (χ1n) is 5.08. The molecule has 0 aromatic carbocycles. The fourth-order valence-corrected chi connectivity index (χ4v) is 2.75. The maximum absolute atomic E-state index is 11.4. The van der Waals surface area contributed by atoms with Crippen LogP contribution in [-0.4, -0.2) is 31.4 Å². The highest BCUT2D eigenvalue weighted by Crippen LogP contribution is 2.27. The minimum Gasteiger partial charge on any atom is -0.392 e. The van der Waals surface area contributed by atoms with Crippen LogP contribution in [0, 0.1) is 5.92 Å². The molecule has 1 aliphatic rings. The molecule has 0 spiro atoms. The van der Waals surface area contributed by atoms with Gasteiger partial charge in [-0.15, -0.1) is 0 Å². The number of hydrogen-bond donors (Lipinski definition) is 2. The molecule has 1 unspecified atom stereocenters. The summed E-state index contributed by atoms with van der Waals surface area (Å²) in [6, 6.07) is 0. The Morgan fingerprint density at radius 3 is 2.43 bits per heavy atom. The first kappa shape index (κ1) is 11.9. The quantitative estimate of drug-likeness (QED) is 0.685. The van der Waals surface area contributed by atoms with Crippen LogP contribution in [0.2, 0.25) is 0 Å². The van der Waals surface area contributed by atoms with Crippen LogP contribution in [0.4, 0.5) is 0 Å². The lowest BCUT2D eigenvalue weighted by atomic mass is 10.1. The summed E-state index contributed by atoms with van der Waals surface area (Å²) in [6.45, 7) is 4.15. The van der Waals surface area contributed by atoms with Crippen molar-refractivity contribution in [3.8, 4) is 0 Å². The molecule has 1 rings (SSSR count). The van der Waals surface area contributed by atoms with Crippen LogP contribution in [0.1, 0.15) is 33.1 Å². The second kappa shape index (κ2) is 4.59. The second-order valence-corrected chi connectivity index (χ2v) is 6.42. The SMILES string of the molecule is CC(C)CC(O)CNS(=O)(=O)C1CC1. The van der Waals surface area contributed by atoms with E-state index >= 15 is 0 Å². The molecule has 1 aliphatic carbocycles. The van der Waals surface area contributed by atoms with Gasteiger partial charge in [0, 0.05) is 6.54 Å².